The number of carbonyl (C=O) groups excluding carboxylic acids is 1. The third-order valence-electron chi connectivity index (χ3n) is 6.35. The van der Waals surface area contributed by atoms with E-state index in [1.807, 2.05) is 0 Å². The van der Waals surface area contributed by atoms with Crippen molar-refractivity contribution in [2.24, 2.45) is 0 Å². The molecule has 34 heavy (non-hydrogen) atoms. The number of halogens is 5. The number of fused-ring (bicyclic) bond motifs is 1. The first-order chi connectivity index (χ1) is 16.0. The van der Waals surface area contributed by atoms with Crippen LogP contribution in [0, 0.1) is 0 Å². The summed E-state index contributed by atoms with van der Waals surface area (Å²) in [5.41, 5.74) is -0.667. The molecule has 2 aromatic heterocycles. The number of carbonyl (C=O) groups is 1. The van der Waals surface area contributed by atoms with Gasteiger partial charge < -0.3 is 5.32 Å². The molecule has 1 N–H and O–H groups in total. The van der Waals surface area contributed by atoms with Crippen molar-refractivity contribution in [3.05, 3.63) is 71.7 Å². The minimum absolute atomic E-state index is 0.0128. The van der Waals surface area contributed by atoms with E-state index in [-0.39, 0.29) is 32.5 Å². The summed E-state index contributed by atoms with van der Waals surface area (Å²) < 4.78 is 66.6. The van der Waals surface area contributed by atoms with Gasteiger partial charge in [-0.1, -0.05) is 18.2 Å². The van der Waals surface area contributed by atoms with Gasteiger partial charge in [0.05, 0.1) is 11.1 Å². The number of piperidine rings is 1. The van der Waals surface area contributed by atoms with Crippen LogP contribution in [-0.4, -0.2) is 46.3 Å². The quantitative estimate of drug-likeness (QED) is 0.523. The average Bonchev–Trinajstić information content (AvgIpc) is 2.81. The monoisotopic (exact) mass is 478 g/mol. The predicted octanol–water partition coefficient (Wildman–Crippen LogP) is 5.02. The number of alkyl halides is 5. The lowest BCUT2D eigenvalue weighted by Crippen LogP contribution is -2.55. The summed E-state index contributed by atoms with van der Waals surface area (Å²) in [6, 6.07) is 10.8. The second-order valence-electron chi connectivity index (χ2n) is 8.61. The van der Waals surface area contributed by atoms with Crippen molar-refractivity contribution < 1.29 is 26.7 Å². The molecule has 0 saturated carbocycles. The molecule has 1 aliphatic rings. The Labute approximate surface area is 193 Å². The number of nitrogens with one attached hydrogen (secondary N) is 1. The maximum absolute atomic E-state index is 13.8. The maximum Gasteiger partial charge on any atom is 0.433 e. The maximum atomic E-state index is 13.8. The van der Waals surface area contributed by atoms with Crippen molar-refractivity contribution in [3.63, 3.8) is 0 Å². The highest BCUT2D eigenvalue weighted by molar-refractivity contribution is 6.06. The van der Waals surface area contributed by atoms with E-state index in [0.29, 0.717) is 22.0 Å². The van der Waals surface area contributed by atoms with E-state index in [2.05, 4.69) is 15.3 Å². The molecule has 0 spiro atoms. The van der Waals surface area contributed by atoms with E-state index >= 15 is 0 Å². The third kappa shape index (κ3) is 4.86. The lowest BCUT2D eigenvalue weighted by atomic mass is 9.88. The lowest BCUT2D eigenvalue weighted by molar-refractivity contribution is -0.141. The second kappa shape index (κ2) is 8.90. The summed E-state index contributed by atoms with van der Waals surface area (Å²) in [5.74, 6) is -3.19. The normalized spacial score (nSPS) is 18.4. The Morgan fingerprint density at radius 2 is 1.79 bits per heavy atom. The van der Waals surface area contributed by atoms with E-state index in [0.717, 1.165) is 12.3 Å². The number of amides is 1. The summed E-state index contributed by atoms with van der Waals surface area (Å²) in [6.45, 7) is 1.75. The SMILES string of the molecule is C[C@](CNC(=O)c1cccc2ncccc12)(c1ccc(C(F)(F)F)nc1)N1CCC(F)(F)CC1. The van der Waals surface area contributed by atoms with Gasteiger partial charge >= 0.3 is 6.18 Å². The molecular weight excluding hydrogens is 455 g/mol. The molecule has 0 unspecified atom stereocenters. The number of rotatable bonds is 5. The van der Waals surface area contributed by atoms with Crippen molar-refractivity contribution in [1.82, 2.24) is 20.2 Å². The van der Waals surface area contributed by atoms with Gasteiger partial charge in [-0.05, 0) is 36.8 Å². The van der Waals surface area contributed by atoms with Crippen LogP contribution in [-0.2, 0) is 11.7 Å². The molecular formula is C24H23F5N4O. The smallest absolute Gasteiger partial charge is 0.350 e. The lowest BCUT2D eigenvalue weighted by Gasteiger charge is -2.45. The highest BCUT2D eigenvalue weighted by atomic mass is 19.4. The fraction of sp³-hybridized carbons (Fsp3) is 0.375. The van der Waals surface area contributed by atoms with E-state index < -0.39 is 29.2 Å². The summed E-state index contributed by atoms with van der Waals surface area (Å²) in [5, 5.41) is 3.50. The number of pyridine rings is 2. The molecule has 4 rings (SSSR count). The van der Waals surface area contributed by atoms with E-state index in [4.69, 9.17) is 0 Å². The van der Waals surface area contributed by atoms with Crippen molar-refractivity contribution in [1.29, 1.82) is 0 Å². The number of nitrogens with zero attached hydrogens (tertiary/aromatic N) is 3. The second-order valence-corrected chi connectivity index (χ2v) is 8.61. The van der Waals surface area contributed by atoms with Crippen LogP contribution in [0.15, 0.2) is 54.9 Å². The van der Waals surface area contributed by atoms with E-state index in [1.165, 1.54) is 6.07 Å². The van der Waals surface area contributed by atoms with Crippen molar-refractivity contribution in [2.75, 3.05) is 19.6 Å². The minimum Gasteiger partial charge on any atom is -0.350 e. The van der Waals surface area contributed by atoms with Gasteiger partial charge in [-0.3, -0.25) is 19.7 Å². The van der Waals surface area contributed by atoms with Crippen LogP contribution in [0.4, 0.5) is 22.0 Å². The number of hydrogen-bond donors (Lipinski definition) is 1. The third-order valence-corrected chi connectivity index (χ3v) is 6.35. The first-order valence-corrected chi connectivity index (χ1v) is 10.8. The summed E-state index contributed by atoms with van der Waals surface area (Å²) in [4.78, 5) is 22.6. The topological polar surface area (TPSA) is 58.1 Å². The molecule has 0 bridgehead atoms. The standard InChI is InChI=1S/C24H23F5N4O/c1-22(33-12-9-23(25,26)10-13-33,16-7-8-20(31-14-16)24(27,28)29)15-32-21(34)18-4-2-6-19-17(18)5-3-11-30-19/h2-8,11,14H,9-10,12-13,15H2,1H3,(H,32,34)/t22-/m0/s1. The molecule has 1 aliphatic heterocycles. The Kier molecular flexibility index (Phi) is 6.28. The zero-order chi connectivity index (χ0) is 24.6. The van der Waals surface area contributed by atoms with Crippen LogP contribution in [0.2, 0.25) is 0 Å². The van der Waals surface area contributed by atoms with E-state index in [9.17, 15) is 26.7 Å². The van der Waals surface area contributed by atoms with Crippen LogP contribution >= 0.6 is 0 Å². The Balaban J connectivity index is 1.62. The van der Waals surface area contributed by atoms with Gasteiger partial charge in [0.2, 0.25) is 0 Å². The fourth-order valence-corrected chi connectivity index (χ4v) is 4.25. The molecule has 1 aromatic carbocycles. The van der Waals surface area contributed by atoms with Gasteiger partial charge in [-0.25, -0.2) is 8.78 Å². The predicted molar refractivity (Wildman–Crippen MR) is 116 cm³/mol. The summed E-state index contributed by atoms with van der Waals surface area (Å²) >= 11 is 0. The highest BCUT2D eigenvalue weighted by Gasteiger charge is 2.42. The Hall–Kier alpha value is -3.14. The first kappa shape index (κ1) is 24.0. The first-order valence-electron chi connectivity index (χ1n) is 10.8. The average molecular weight is 478 g/mol. The number of likely N-dealkylation sites (tertiary alicyclic amines) is 1. The van der Waals surface area contributed by atoms with Crippen molar-refractivity contribution >= 4 is 16.8 Å². The van der Waals surface area contributed by atoms with Crippen molar-refractivity contribution in [2.45, 2.75) is 37.4 Å². The number of hydrogen-bond acceptors (Lipinski definition) is 4. The van der Waals surface area contributed by atoms with E-state index in [1.54, 1.807) is 48.4 Å². The number of benzene rings is 1. The van der Waals surface area contributed by atoms with Gasteiger partial charge in [-0.2, -0.15) is 13.2 Å². The van der Waals surface area contributed by atoms with Crippen LogP contribution < -0.4 is 5.32 Å². The molecule has 0 radical (unpaired) electrons. The van der Waals surface area contributed by atoms with Gasteiger partial charge in [0, 0.05) is 55.8 Å². The molecule has 5 nitrogen and oxygen atoms in total. The van der Waals surface area contributed by atoms with Crippen molar-refractivity contribution in [3.8, 4) is 0 Å². The molecule has 180 valence electrons. The van der Waals surface area contributed by atoms with Gasteiger partial charge in [0.15, 0.2) is 0 Å². The minimum atomic E-state index is -4.60. The largest absolute Gasteiger partial charge is 0.433 e. The Morgan fingerprint density at radius 3 is 2.44 bits per heavy atom. The molecule has 1 saturated heterocycles. The van der Waals surface area contributed by atoms with Crippen LogP contribution in [0.1, 0.15) is 41.4 Å². The summed E-state index contributed by atoms with van der Waals surface area (Å²) in [7, 11) is 0. The molecule has 3 aromatic rings. The molecule has 0 aliphatic carbocycles. The molecule has 1 amide bonds. The number of aromatic nitrogens is 2. The van der Waals surface area contributed by atoms with Gasteiger partial charge in [0.1, 0.15) is 5.69 Å². The zero-order valence-electron chi connectivity index (χ0n) is 18.4. The molecule has 10 heteroatoms. The van der Waals surface area contributed by atoms with Crippen LogP contribution in [0.5, 0.6) is 0 Å². The van der Waals surface area contributed by atoms with Crippen LogP contribution in [0.3, 0.4) is 0 Å². The molecule has 1 fully saturated rings. The summed E-state index contributed by atoms with van der Waals surface area (Å²) in [6.07, 6.45) is -2.63. The van der Waals surface area contributed by atoms with Crippen LogP contribution in [0.25, 0.3) is 10.9 Å². The van der Waals surface area contributed by atoms with Gasteiger partial charge in [-0.15, -0.1) is 0 Å². The fourth-order valence-electron chi connectivity index (χ4n) is 4.25. The Bertz CT molecular complexity index is 1170. The highest BCUT2D eigenvalue weighted by Crippen LogP contribution is 2.36. The van der Waals surface area contributed by atoms with Gasteiger partial charge in [0.25, 0.3) is 11.8 Å². The molecule has 3 heterocycles. The molecule has 1 atom stereocenters. The Morgan fingerprint density at radius 1 is 1.06 bits per heavy atom. The zero-order valence-corrected chi connectivity index (χ0v) is 18.4.